The Bertz CT molecular complexity index is 1590. The van der Waals surface area contributed by atoms with Crippen LogP contribution in [-0.4, -0.2) is 86.5 Å². The first-order valence-electron chi connectivity index (χ1n) is 18.8. The third-order valence-corrected chi connectivity index (χ3v) is 16.6. The van der Waals surface area contributed by atoms with Crippen molar-refractivity contribution in [2.24, 2.45) is 40.2 Å². The molecule has 284 valence electrons. The minimum atomic E-state index is -2.77. The molecule has 14 heteroatoms. The zero-order valence-electron chi connectivity index (χ0n) is 31.0. The lowest BCUT2D eigenvalue weighted by Gasteiger charge is -2.39. The van der Waals surface area contributed by atoms with Gasteiger partial charge in [-0.2, -0.15) is 0 Å². The Morgan fingerprint density at radius 3 is 2.29 bits per heavy atom. The van der Waals surface area contributed by atoms with Gasteiger partial charge in [0.15, 0.2) is 0 Å². The average molecular weight is 747 g/mol. The van der Waals surface area contributed by atoms with Gasteiger partial charge in [0.05, 0.1) is 6.04 Å². The Hall–Kier alpha value is -2.84. The number of primary amides is 1. The maximum atomic E-state index is 14.7. The number of likely N-dealkylation sites (tertiary alicyclic amines) is 1. The highest BCUT2D eigenvalue weighted by molar-refractivity contribution is 8.00. The molecule has 5 aliphatic rings. The number of amides is 5. The van der Waals surface area contributed by atoms with E-state index in [0.717, 1.165) is 61.1 Å². The van der Waals surface area contributed by atoms with Crippen LogP contribution in [-0.2, 0) is 35.8 Å². The van der Waals surface area contributed by atoms with Crippen LogP contribution in [0.15, 0.2) is 16.3 Å². The van der Waals surface area contributed by atoms with E-state index in [4.69, 9.17) is 5.73 Å². The van der Waals surface area contributed by atoms with Crippen molar-refractivity contribution in [3.8, 4) is 0 Å². The van der Waals surface area contributed by atoms with Crippen molar-refractivity contribution in [1.82, 2.24) is 25.2 Å². The van der Waals surface area contributed by atoms with Crippen LogP contribution < -0.4 is 21.7 Å². The van der Waals surface area contributed by atoms with Crippen LogP contribution in [0, 0.1) is 34.5 Å². The molecule has 1 aromatic rings. The third-order valence-electron chi connectivity index (χ3n) is 12.9. The number of carbonyl (C=O) groups excluding carboxylic acids is 5. The van der Waals surface area contributed by atoms with Crippen molar-refractivity contribution in [2.45, 2.75) is 128 Å². The number of piperidine rings is 1. The maximum Gasteiger partial charge on any atom is 0.315 e. The lowest BCUT2D eigenvalue weighted by atomic mass is 9.80. The van der Waals surface area contributed by atoms with Crippen LogP contribution in [0.5, 0.6) is 0 Å². The van der Waals surface area contributed by atoms with E-state index in [0.29, 0.717) is 26.1 Å². The number of Topliss-reactive ketones (excluding diaryl/α,β-unsaturated/α-hetero) is 1. The Balaban J connectivity index is 1.20. The molecule has 6 atom stereocenters. The van der Waals surface area contributed by atoms with Crippen LogP contribution in [0.2, 0.25) is 0 Å². The van der Waals surface area contributed by atoms with Crippen molar-refractivity contribution in [1.29, 1.82) is 0 Å². The number of nitrogens with two attached hydrogens (primary N) is 1. The fourth-order valence-corrected chi connectivity index (χ4v) is 12.9. The summed E-state index contributed by atoms with van der Waals surface area (Å²) >= 11 is 1.60. The molecule has 0 bridgehead atoms. The summed E-state index contributed by atoms with van der Waals surface area (Å²) in [5, 5.41) is 11.1. The molecule has 3 saturated carbocycles. The molecule has 2 unspecified atom stereocenters. The topological polar surface area (TPSA) is 171 Å². The quantitative estimate of drug-likeness (QED) is 0.162. The first kappa shape index (κ1) is 37.9. The van der Waals surface area contributed by atoms with E-state index in [2.05, 4.69) is 29.8 Å². The van der Waals surface area contributed by atoms with Crippen molar-refractivity contribution in [2.75, 3.05) is 19.3 Å². The molecule has 3 heterocycles. The van der Waals surface area contributed by atoms with Gasteiger partial charge in [0.1, 0.15) is 12.1 Å². The number of urea groups is 1. The molecular weight excluding hydrogens is 689 g/mol. The molecule has 6 rings (SSSR count). The van der Waals surface area contributed by atoms with Crippen LogP contribution in [0.4, 0.5) is 4.79 Å². The van der Waals surface area contributed by atoms with E-state index < -0.39 is 51.9 Å². The van der Waals surface area contributed by atoms with Gasteiger partial charge in [-0.05, 0) is 75.3 Å². The summed E-state index contributed by atoms with van der Waals surface area (Å²) < 4.78 is 15.8. The number of ketones is 1. The molecule has 0 spiro atoms. The fraction of sp³-hybridized carbons (Fsp3) is 0.757. The number of fused-ring (bicyclic) bond motifs is 2. The number of thiol groups is 1. The van der Waals surface area contributed by atoms with E-state index in [1.807, 2.05) is 36.5 Å². The molecule has 0 radical (unpaired) electrons. The van der Waals surface area contributed by atoms with Crippen LogP contribution in [0.3, 0.4) is 0 Å². The monoisotopic (exact) mass is 746 g/mol. The van der Waals surface area contributed by atoms with Crippen LogP contribution in [0.25, 0.3) is 0 Å². The highest BCUT2D eigenvalue weighted by Crippen LogP contribution is 2.65. The normalized spacial score (nSPS) is 28.0. The van der Waals surface area contributed by atoms with E-state index in [1.165, 1.54) is 0 Å². The molecule has 5 N–H and O–H groups in total. The van der Waals surface area contributed by atoms with Crippen molar-refractivity contribution < 1.29 is 28.2 Å². The Kier molecular flexibility index (Phi) is 10.5. The second kappa shape index (κ2) is 14.2. The van der Waals surface area contributed by atoms with Gasteiger partial charge in [-0.3, -0.25) is 23.4 Å². The summed E-state index contributed by atoms with van der Waals surface area (Å²) in [6.07, 6.45) is 9.60. The summed E-state index contributed by atoms with van der Waals surface area (Å²) in [5.74, 6) is -2.46. The van der Waals surface area contributed by atoms with Crippen LogP contribution in [0.1, 0.15) is 97.3 Å². The molecule has 0 aromatic carbocycles. The standard InChI is InChI=1S/C37H58N6O6S2/c1-36(2,3)27(20-42-19-25-26(15-16-50-25)51(42,6)49)40-35(48)41-29(22-13-8-7-9-14-22)34(47)43-18-23-28(37(23,4)5)30(43)33(46)39-24(31(44)32(38)45)17-21-11-10-12-21/h15-16,21-24,27-30,51H,7-14,17-20H2,1-6H3,(H2,38,45)(H,39,46)(H2,40,41,48)/t23?,24?,27-,28+,29+,30+/m1/s1. The van der Waals surface area contributed by atoms with Gasteiger partial charge < -0.3 is 26.6 Å². The molecular formula is C37H58N6O6S2. The average Bonchev–Trinajstić information content (AvgIpc) is 3.50. The highest BCUT2D eigenvalue weighted by atomic mass is 32.3. The van der Waals surface area contributed by atoms with Crippen molar-refractivity contribution >= 4 is 51.0 Å². The molecule has 4 fully saturated rings. The Labute approximate surface area is 307 Å². The van der Waals surface area contributed by atoms with E-state index in [9.17, 15) is 28.2 Å². The molecule has 51 heavy (non-hydrogen) atoms. The van der Waals surface area contributed by atoms with Gasteiger partial charge >= 0.3 is 6.03 Å². The second-order valence-corrected chi connectivity index (χ2v) is 21.4. The number of rotatable bonds is 12. The predicted molar refractivity (Wildman–Crippen MR) is 198 cm³/mol. The molecule has 3 aliphatic carbocycles. The SMILES string of the molecule is CC(C)(C)[C@@H](CN1Cc2sccc2[SH]1(C)=O)NC(=O)N[C@H](C(=O)N1CC2[C@@H]([C@H]1C(=O)NC(CC1CCC1)C(=O)C(N)=O)C2(C)C)C1CCCCC1. The van der Waals surface area contributed by atoms with Gasteiger partial charge in [-0.1, -0.05) is 73.1 Å². The fourth-order valence-electron chi connectivity index (χ4n) is 9.15. The zero-order chi connectivity index (χ0) is 37.0. The van der Waals surface area contributed by atoms with Crippen molar-refractivity contribution in [3.05, 3.63) is 16.3 Å². The molecule has 1 aromatic heterocycles. The number of carbonyl (C=O) groups is 5. The highest BCUT2D eigenvalue weighted by Gasteiger charge is 2.69. The summed E-state index contributed by atoms with van der Waals surface area (Å²) in [7, 11) is -2.77. The van der Waals surface area contributed by atoms with Gasteiger partial charge in [-0.15, -0.1) is 11.3 Å². The summed E-state index contributed by atoms with van der Waals surface area (Å²) in [6, 6.07) is -1.57. The minimum absolute atomic E-state index is 0.0908. The number of thiophene rings is 1. The smallest absolute Gasteiger partial charge is 0.315 e. The molecule has 12 nitrogen and oxygen atoms in total. The molecule has 2 aliphatic heterocycles. The van der Waals surface area contributed by atoms with E-state index in [1.54, 1.807) is 22.5 Å². The third kappa shape index (κ3) is 7.51. The number of hydrogen-bond donors (Lipinski definition) is 5. The largest absolute Gasteiger partial charge is 0.363 e. The predicted octanol–water partition coefficient (Wildman–Crippen LogP) is 3.36. The summed E-state index contributed by atoms with van der Waals surface area (Å²) in [6.45, 7) is 11.7. The lowest BCUT2D eigenvalue weighted by molar-refractivity contribution is -0.144. The summed E-state index contributed by atoms with van der Waals surface area (Å²) in [4.78, 5) is 71.2. The van der Waals surface area contributed by atoms with Gasteiger partial charge in [-0.25, -0.2) is 9.10 Å². The van der Waals surface area contributed by atoms with E-state index >= 15 is 0 Å². The van der Waals surface area contributed by atoms with Gasteiger partial charge in [0, 0.05) is 41.7 Å². The molecule has 1 saturated heterocycles. The Morgan fingerprint density at radius 1 is 1.02 bits per heavy atom. The number of nitrogens with one attached hydrogen (secondary N) is 3. The van der Waals surface area contributed by atoms with Crippen LogP contribution >= 0.6 is 11.3 Å². The molecule has 5 amide bonds. The first-order chi connectivity index (χ1) is 23.9. The minimum Gasteiger partial charge on any atom is -0.363 e. The number of nitrogens with zero attached hydrogens (tertiary/aromatic N) is 2. The number of hydrogen-bond acceptors (Lipinski definition) is 7. The van der Waals surface area contributed by atoms with Crippen molar-refractivity contribution in [3.63, 3.8) is 0 Å². The first-order valence-corrected chi connectivity index (χ1v) is 21.8. The lowest BCUT2D eigenvalue weighted by Crippen LogP contribution is -2.62. The Morgan fingerprint density at radius 2 is 1.71 bits per heavy atom. The second-order valence-electron chi connectivity index (χ2n) is 17.6. The summed E-state index contributed by atoms with van der Waals surface area (Å²) in [5.41, 5.74) is 4.85. The van der Waals surface area contributed by atoms with Gasteiger partial charge in [0.2, 0.25) is 17.6 Å². The van der Waals surface area contributed by atoms with Gasteiger partial charge in [0.25, 0.3) is 5.91 Å². The zero-order valence-corrected chi connectivity index (χ0v) is 32.7. The van der Waals surface area contributed by atoms with E-state index in [-0.39, 0.29) is 46.5 Å². The maximum absolute atomic E-state index is 14.7.